The quantitative estimate of drug-likeness (QED) is 0.705. The Bertz CT molecular complexity index is 647. The first-order valence-electron chi connectivity index (χ1n) is 10.0. The van der Waals surface area contributed by atoms with Gasteiger partial charge in [0.05, 0.1) is 12.6 Å². The number of Topliss-reactive ketones (excluding diaryl/α,β-unsaturated/α-hetero) is 1. The molecular weight excluding hydrogens is 342 g/mol. The fourth-order valence-corrected chi connectivity index (χ4v) is 3.50. The van der Waals surface area contributed by atoms with Gasteiger partial charge in [0.25, 0.3) is 0 Å². The number of piperazine rings is 1. The van der Waals surface area contributed by atoms with Crippen molar-refractivity contribution < 1.29 is 14.3 Å². The van der Waals surface area contributed by atoms with Crippen LogP contribution in [0.15, 0.2) is 24.3 Å². The van der Waals surface area contributed by atoms with E-state index in [0.717, 1.165) is 56.8 Å². The third kappa shape index (κ3) is 5.30. The molecule has 0 unspecified atom stereocenters. The van der Waals surface area contributed by atoms with E-state index in [0.29, 0.717) is 12.6 Å². The van der Waals surface area contributed by atoms with E-state index in [1.165, 1.54) is 0 Å². The third-order valence-electron chi connectivity index (χ3n) is 5.53. The van der Waals surface area contributed by atoms with Gasteiger partial charge in [0, 0.05) is 43.7 Å². The molecule has 2 N–H and O–H groups in total. The minimum atomic E-state index is -0.423. The summed E-state index contributed by atoms with van der Waals surface area (Å²) in [7, 11) is 0. The molecule has 1 saturated carbocycles. The lowest BCUT2D eigenvalue weighted by Crippen LogP contribution is -2.54. The van der Waals surface area contributed by atoms with E-state index in [2.05, 4.69) is 11.8 Å². The van der Waals surface area contributed by atoms with E-state index in [4.69, 9.17) is 10.5 Å². The van der Waals surface area contributed by atoms with Gasteiger partial charge >= 0.3 is 0 Å². The molecular formula is C21H31N3O3. The van der Waals surface area contributed by atoms with Crippen LogP contribution in [0.25, 0.3) is 0 Å². The summed E-state index contributed by atoms with van der Waals surface area (Å²) in [6.07, 6.45) is 2.98. The zero-order valence-corrected chi connectivity index (χ0v) is 16.4. The van der Waals surface area contributed by atoms with Crippen LogP contribution in [0.2, 0.25) is 0 Å². The summed E-state index contributed by atoms with van der Waals surface area (Å²) in [6, 6.07) is 7.49. The zero-order chi connectivity index (χ0) is 19.4. The minimum Gasteiger partial charge on any atom is -0.494 e. The van der Waals surface area contributed by atoms with Crippen molar-refractivity contribution in [2.24, 2.45) is 11.7 Å². The number of ether oxygens (including phenoxy) is 1. The van der Waals surface area contributed by atoms with Gasteiger partial charge in [-0.1, -0.05) is 0 Å². The molecule has 0 radical (unpaired) electrons. The van der Waals surface area contributed by atoms with Gasteiger partial charge in [0.1, 0.15) is 5.75 Å². The number of carbonyl (C=O) groups excluding carboxylic acids is 2. The Hall–Kier alpha value is -1.92. The molecule has 6 nitrogen and oxygen atoms in total. The Kier molecular flexibility index (Phi) is 6.50. The van der Waals surface area contributed by atoms with Crippen molar-refractivity contribution in [2.75, 3.05) is 32.8 Å². The van der Waals surface area contributed by atoms with Gasteiger partial charge < -0.3 is 15.4 Å². The fourth-order valence-electron chi connectivity index (χ4n) is 3.50. The Morgan fingerprint density at radius 1 is 1.11 bits per heavy atom. The number of rotatable bonds is 8. The molecule has 1 amide bonds. The molecule has 2 atom stereocenters. The normalized spacial score (nSPS) is 20.2. The lowest BCUT2D eigenvalue weighted by Gasteiger charge is -2.38. The molecule has 1 aromatic carbocycles. The molecule has 6 heteroatoms. The second-order valence-electron chi connectivity index (χ2n) is 7.80. The summed E-state index contributed by atoms with van der Waals surface area (Å²) in [5.41, 5.74) is 6.48. The highest BCUT2D eigenvalue weighted by atomic mass is 16.5. The number of carbonyl (C=O) groups is 2. The topological polar surface area (TPSA) is 75.9 Å². The van der Waals surface area contributed by atoms with Crippen LogP contribution in [-0.2, 0) is 4.79 Å². The fraction of sp³-hybridized carbons (Fsp3) is 0.619. The number of hydrogen-bond donors (Lipinski definition) is 1. The molecule has 1 aliphatic heterocycles. The molecule has 148 valence electrons. The van der Waals surface area contributed by atoms with Gasteiger partial charge in [0.15, 0.2) is 5.78 Å². The summed E-state index contributed by atoms with van der Waals surface area (Å²) in [6.45, 7) is 7.79. The Labute approximate surface area is 161 Å². The molecule has 1 saturated heterocycles. The van der Waals surface area contributed by atoms with E-state index < -0.39 is 6.04 Å². The van der Waals surface area contributed by atoms with Crippen LogP contribution in [0, 0.1) is 5.92 Å². The van der Waals surface area contributed by atoms with Gasteiger partial charge in [-0.15, -0.1) is 0 Å². The highest BCUT2D eigenvalue weighted by Gasteiger charge is 2.30. The number of hydrogen-bond acceptors (Lipinski definition) is 5. The molecule has 0 aromatic heterocycles. The number of nitrogens with zero attached hydrogens (tertiary/aromatic N) is 2. The van der Waals surface area contributed by atoms with Crippen molar-refractivity contribution in [3.05, 3.63) is 29.8 Å². The summed E-state index contributed by atoms with van der Waals surface area (Å²) in [5, 5.41) is 0. The highest BCUT2D eigenvalue weighted by Crippen LogP contribution is 2.32. The molecule has 1 heterocycles. The number of ketones is 1. The Morgan fingerprint density at radius 3 is 2.30 bits per heavy atom. The van der Waals surface area contributed by atoms with Gasteiger partial charge in [-0.05, 0) is 57.4 Å². The second kappa shape index (κ2) is 8.85. The van der Waals surface area contributed by atoms with Gasteiger partial charge in [0.2, 0.25) is 5.91 Å². The van der Waals surface area contributed by atoms with E-state index in [-0.39, 0.29) is 17.6 Å². The van der Waals surface area contributed by atoms with E-state index in [1.807, 2.05) is 29.2 Å². The highest BCUT2D eigenvalue weighted by molar-refractivity contribution is 5.99. The van der Waals surface area contributed by atoms with Crippen LogP contribution in [-0.4, -0.2) is 66.4 Å². The van der Waals surface area contributed by atoms with Gasteiger partial charge in [-0.2, -0.15) is 0 Å². The van der Waals surface area contributed by atoms with Gasteiger partial charge in [-0.25, -0.2) is 0 Å². The summed E-state index contributed by atoms with van der Waals surface area (Å²) in [5.74, 6) is 1.36. The second-order valence-corrected chi connectivity index (χ2v) is 7.80. The number of benzene rings is 1. The maximum atomic E-state index is 12.0. The summed E-state index contributed by atoms with van der Waals surface area (Å²) < 4.78 is 5.85. The standard InChI is InChI=1S/C21H31N3O3/c1-15(23-10-12-24(13-11-23)21(26)16(2)22)9-14-27-19-7-5-18(6-8-19)20(25)17-3-4-17/h5-8,15-17H,3-4,9-14,22H2,1-2H3/t15-,16-/m1/s1. The van der Waals surface area contributed by atoms with Crippen LogP contribution in [0.3, 0.4) is 0 Å². The predicted octanol–water partition coefficient (Wildman–Crippen LogP) is 1.93. The maximum Gasteiger partial charge on any atom is 0.239 e. The Morgan fingerprint density at radius 2 is 1.74 bits per heavy atom. The van der Waals surface area contributed by atoms with Crippen molar-refractivity contribution in [3.63, 3.8) is 0 Å². The molecule has 0 bridgehead atoms. The number of amides is 1. The van der Waals surface area contributed by atoms with E-state index in [9.17, 15) is 9.59 Å². The van der Waals surface area contributed by atoms with Crippen molar-refractivity contribution >= 4 is 11.7 Å². The largest absolute Gasteiger partial charge is 0.494 e. The summed E-state index contributed by atoms with van der Waals surface area (Å²) >= 11 is 0. The molecule has 27 heavy (non-hydrogen) atoms. The van der Waals surface area contributed by atoms with Crippen LogP contribution in [0.1, 0.15) is 43.5 Å². The van der Waals surface area contributed by atoms with Crippen LogP contribution < -0.4 is 10.5 Å². The molecule has 1 aliphatic carbocycles. The van der Waals surface area contributed by atoms with E-state index >= 15 is 0 Å². The molecule has 2 fully saturated rings. The third-order valence-corrected chi connectivity index (χ3v) is 5.53. The van der Waals surface area contributed by atoms with Gasteiger partial charge in [-0.3, -0.25) is 14.5 Å². The van der Waals surface area contributed by atoms with Crippen LogP contribution in [0.5, 0.6) is 5.75 Å². The monoisotopic (exact) mass is 373 g/mol. The first-order valence-corrected chi connectivity index (χ1v) is 10.0. The lowest BCUT2D eigenvalue weighted by molar-refractivity contribution is -0.134. The smallest absolute Gasteiger partial charge is 0.239 e. The average molecular weight is 373 g/mol. The molecule has 0 spiro atoms. The van der Waals surface area contributed by atoms with Crippen molar-refractivity contribution in [3.8, 4) is 5.75 Å². The lowest BCUT2D eigenvalue weighted by atomic mass is 10.1. The van der Waals surface area contributed by atoms with Crippen molar-refractivity contribution in [2.45, 2.75) is 45.2 Å². The minimum absolute atomic E-state index is 0.0363. The first-order chi connectivity index (χ1) is 13.0. The Balaban J connectivity index is 1.37. The van der Waals surface area contributed by atoms with Crippen LogP contribution >= 0.6 is 0 Å². The molecule has 1 aromatic rings. The molecule has 2 aliphatic rings. The van der Waals surface area contributed by atoms with Crippen LogP contribution in [0.4, 0.5) is 0 Å². The average Bonchev–Trinajstić information content (AvgIpc) is 3.52. The van der Waals surface area contributed by atoms with Crippen molar-refractivity contribution in [1.29, 1.82) is 0 Å². The number of nitrogens with two attached hydrogens (primary N) is 1. The zero-order valence-electron chi connectivity index (χ0n) is 16.4. The maximum absolute atomic E-state index is 12.0. The summed E-state index contributed by atoms with van der Waals surface area (Å²) in [4.78, 5) is 28.2. The SMILES string of the molecule is C[C@H](CCOc1ccc(C(=O)C2CC2)cc1)N1CCN(C(=O)[C@@H](C)N)CC1. The molecule has 3 rings (SSSR count). The first kappa shape index (κ1) is 19.8. The van der Waals surface area contributed by atoms with Crippen molar-refractivity contribution in [1.82, 2.24) is 9.80 Å². The predicted molar refractivity (Wildman–Crippen MR) is 105 cm³/mol. The van der Waals surface area contributed by atoms with E-state index in [1.54, 1.807) is 6.92 Å².